The molecule has 0 heterocycles. The van der Waals surface area contributed by atoms with Gasteiger partial charge < -0.3 is 10.4 Å². The first kappa shape index (κ1) is 8.33. The Bertz CT molecular complexity index is 101. The molecule has 0 saturated carbocycles. The Hall–Kier alpha value is -0.670. The quantitative estimate of drug-likeness (QED) is 0.382. The highest BCUT2D eigenvalue weighted by molar-refractivity contribution is 5.81. The Morgan fingerprint density at radius 1 is 1.78 bits per heavy atom. The molecule has 0 aromatic heterocycles. The maximum absolute atomic E-state index is 10.3. The van der Waals surface area contributed by atoms with E-state index in [0.29, 0.717) is 6.54 Å². The summed E-state index contributed by atoms with van der Waals surface area (Å²) in [6.45, 7) is 3.89. The van der Waals surface area contributed by atoms with Gasteiger partial charge in [-0.25, -0.2) is 0 Å². The molecule has 0 rings (SSSR count). The fourth-order valence-electron chi connectivity index (χ4n) is 0.370. The lowest BCUT2D eigenvalue weighted by molar-refractivity contribution is -0.120. The van der Waals surface area contributed by atoms with Crippen LogP contribution in [0.15, 0.2) is 12.7 Å². The minimum absolute atomic E-state index is 0.197. The molecule has 0 aliphatic rings. The number of carbonyl (C=O) groups excluding carboxylic acids is 1. The molecule has 0 saturated heterocycles. The highest BCUT2D eigenvalue weighted by Crippen LogP contribution is 1.65. The fourth-order valence-corrected chi connectivity index (χ4v) is 0.370. The Kier molecular flexibility index (Phi) is 5.06. The molecular formula is C6H11NO2. The lowest BCUT2D eigenvalue weighted by Crippen LogP contribution is -2.24. The number of aliphatic hydroxyl groups excluding tert-OH is 1. The fraction of sp³-hybridized carbons (Fsp3) is 0.500. The molecule has 0 aromatic carbocycles. The molecule has 3 nitrogen and oxygen atoms in total. The van der Waals surface area contributed by atoms with Crippen LogP contribution in [0, 0.1) is 0 Å². The number of Topliss-reactive ketones (excluding diaryl/α,β-unsaturated/α-hetero) is 1. The SMILES string of the molecule is C=CCNCC(=O)CO. The second kappa shape index (κ2) is 5.47. The van der Waals surface area contributed by atoms with Gasteiger partial charge in [-0.2, -0.15) is 0 Å². The van der Waals surface area contributed by atoms with Crippen molar-refractivity contribution in [2.75, 3.05) is 19.7 Å². The van der Waals surface area contributed by atoms with E-state index in [4.69, 9.17) is 5.11 Å². The van der Waals surface area contributed by atoms with E-state index < -0.39 is 0 Å². The minimum atomic E-state index is -0.385. The van der Waals surface area contributed by atoms with Gasteiger partial charge in [0.05, 0.1) is 6.54 Å². The van der Waals surface area contributed by atoms with Crippen molar-refractivity contribution < 1.29 is 9.90 Å². The molecule has 0 unspecified atom stereocenters. The summed E-state index contributed by atoms with van der Waals surface area (Å²) < 4.78 is 0. The van der Waals surface area contributed by atoms with Gasteiger partial charge in [-0.05, 0) is 0 Å². The van der Waals surface area contributed by atoms with Crippen LogP contribution >= 0.6 is 0 Å². The molecule has 52 valence electrons. The zero-order valence-corrected chi connectivity index (χ0v) is 5.26. The molecule has 9 heavy (non-hydrogen) atoms. The van der Waals surface area contributed by atoms with Gasteiger partial charge >= 0.3 is 0 Å². The Labute approximate surface area is 54.4 Å². The molecule has 0 bridgehead atoms. The van der Waals surface area contributed by atoms with Crippen molar-refractivity contribution in [3.8, 4) is 0 Å². The highest BCUT2D eigenvalue weighted by atomic mass is 16.3. The van der Waals surface area contributed by atoms with Gasteiger partial charge in [0.15, 0.2) is 5.78 Å². The maximum Gasteiger partial charge on any atom is 0.171 e. The van der Waals surface area contributed by atoms with Crippen LogP contribution < -0.4 is 5.32 Å². The van der Waals surface area contributed by atoms with Crippen molar-refractivity contribution in [3.05, 3.63) is 12.7 Å². The van der Waals surface area contributed by atoms with Crippen LogP contribution in [0.3, 0.4) is 0 Å². The van der Waals surface area contributed by atoms with Crippen LogP contribution in [0.4, 0.5) is 0 Å². The third-order valence-corrected chi connectivity index (χ3v) is 0.787. The molecule has 0 spiro atoms. The number of hydrogen-bond donors (Lipinski definition) is 2. The Morgan fingerprint density at radius 2 is 2.44 bits per heavy atom. The summed E-state index contributed by atoms with van der Waals surface area (Å²) in [5, 5.41) is 11.0. The van der Waals surface area contributed by atoms with Crippen LogP contribution in [0.1, 0.15) is 0 Å². The summed E-state index contributed by atoms with van der Waals surface area (Å²) in [6.07, 6.45) is 1.66. The summed E-state index contributed by atoms with van der Waals surface area (Å²) in [5.74, 6) is -0.197. The number of nitrogens with one attached hydrogen (secondary N) is 1. The van der Waals surface area contributed by atoms with E-state index in [2.05, 4.69) is 11.9 Å². The molecular weight excluding hydrogens is 118 g/mol. The van der Waals surface area contributed by atoms with Crippen molar-refractivity contribution in [2.45, 2.75) is 0 Å². The van der Waals surface area contributed by atoms with Crippen LogP contribution in [-0.2, 0) is 4.79 Å². The molecule has 2 N–H and O–H groups in total. The van der Waals surface area contributed by atoms with E-state index in [9.17, 15) is 4.79 Å². The van der Waals surface area contributed by atoms with Gasteiger partial charge in [0.1, 0.15) is 6.61 Å². The summed E-state index contributed by atoms with van der Waals surface area (Å²) in [6, 6.07) is 0. The van der Waals surface area contributed by atoms with Crippen molar-refractivity contribution in [1.29, 1.82) is 0 Å². The number of rotatable bonds is 5. The summed E-state index contributed by atoms with van der Waals surface area (Å²) in [4.78, 5) is 10.3. The molecule has 0 aromatic rings. The number of ketones is 1. The van der Waals surface area contributed by atoms with E-state index in [1.807, 2.05) is 0 Å². The number of aliphatic hydroxyl groups is 1. The predicted molar refractivity (Wildman–Crippen MR) is 35.2 cm³/mol. The van der Waals surface area contributed by atoms with Gasteiger partial charge in [-0.3, -0.25) is 4.79 Å². The first-order chi connectivity index (χ1) is 4.31. The molecule has 0 aliphatic carbocycles. The van der Waals surface area contributed by atoms with E-state index in [-0.39, 0.29) is 18.9 Å². The third kappa shape index (κ3) is 5.20. The largest absolute Gasteiger partial charge is 0.389 e. The minimum Gasteiger partial charge on any atom is -0.389 e. The van der Waals surface area contributed by atoms with Crippen molar-refractivity contribution in [3.63, 3.8) is 0 Å². The topological polar surface area (TPSA) is 49.3 Å². The van der Waals surface area contributed by atoms with E-state index in [1.165, 1.54) is 0 Å². The van der Waals surface area contributed by atoms with Gasteiger partial charge in [0.25, 0.3) is 0 Å². The number of hydrogen-bond acceptors (Lipinski definition) is 3. The first-order valence-corrected chi connectivity index (χ1v) is 2.75. The van der Waals surface area contributed by atoms with Crippen LogP contribution in [0.5, 0.6) is 0 Å². The molecule has 0 amide bonds. The van der Waals surface area contributed by atoms with E-state index in [1.54, 1.807) is 6.08 Å². The lowest BCUT2D eigenvalue weighted by Gasteiger charge is -1.95. The molecule has 0 fully saturated rings. The predicted octanol–water partition coefficient (Wildman–Crippen LogP) is -0.677. The second-order valence-electron chi connectivity index (χ2n) is 1.62. The molecule has 0 atom stereocenters. The van der Waals surface area contributed by atoms with Crippen molar-refractivity contribution in [2.24, 2.45) is 0 Å². The monoisotopic (exact) mass is 129 g/mol. The normalized spacial score (nSPS) is 9.00. The van der Waals surface area contributed by atoms with E-state index >= 15 is 0 Å². The third-order valence-electron chi connectivity index (χ3n) is 0.787. The smallest absolute Gasteiger partial charge is 0.171 e. The summed E-state index contributed by atoms with van der Waals surface area (Å²) in [5.41, 5.74) is 0. The molecule has 0 aliphatic heterocycles. The molecule has 0 radical (unpaired) electrons. The standard InChI is InChI=1S/C6H11NO2/c1-2-3-7-4-6(9)5-8/h2,7-8H,1,3-5H2. The van der Waals surface area contributed by atoms with Crippen molar-refractivity contribution >= 4 is 5.78 Å². The Balaban J connectivity index is 3.06. The van der Waals surface area contributed by atoms with Crippen LogP contribution in [0.25, 0.3) is 0 Å². The second-order valence-corrected chi connectivity index (χ2v) is 1.62. The lowest BCUT2D eigenvalue weighted by atomic mass is 10.4. The zero-order chi connectivity index (χ0) is 7.11. The first-order valence-electron chi connectivity index (χ1n) is 2.75. The van der Waals surface area contributed by atoms with Gasteiger partial charge in [0, 0.05) is 6.54 Å². The number of carbonyl (C=O) groups is 1. The highest BCUT2D eigenvalue weighted by Gasteiger charge is 1.94. The average Bonchev–Trinajstić information content (AvgIpc) is 1.89. The van der Waals surface area contributed by atoms with Gasteiger partial charge in [-0.15, -0.1) is 6.58 Å². The van der Waals surface area contributed by atoms with Gasteiger partial charge in [-0.1, -0.05) is 6.08 Å². The summed E-state index contributed by atoms with van der Waals surface area (Å²) in [7, 11) is 0. The molecule has 3 heteroatoms. The maximum atomic E-state index is 10.3. The average molecular weight is 129 g/mol. The van der Waals surface area contributed by atoms with Gasteiger partial charge in [0.2, 0.25) is 0 Å². The summed E-state index contributed by atoms with van der Waals surface area (Å²) >= 11 is 0. The van der Waals surface area contributed by atoms with Crippen molar-refractivity contribution in [1.82, 2.24) is 5.32 Å². The van der Waals surface area contributed by atoms with E-state index in [0.717, 1.165) is 0 Å². The van der Waals surface area contributed by atoms with Crippen LogP contribution in [-0.4, -0.2) is 30.6 Å². The zero-order valence-electron chi connectivity index (χ0n) is 5.26. The Morgan fingerprint density at radius 3 is 2.89 bits per heavy atom. The van der Waals surface area contributed by atoms with Crippen LogP contribution in [0.2, 0.25) is 0 Å².